The number of halogens is 2. The molecule has 1 aliphatic rings. The molecule has 0 spiro atoms. The quantitative estimate of drug-likeness (QED) is 0.271. The molecule has 1 aliphatic carbocycles. The molecule has 0 aliphatic heterocycles. The largest absolute Gasteiger partial charge is 0.352 e. The predicted molar refractivity (Wildman–Crippen MR) is 168 cm³/mol. The smallest absolute Gasteiger partial charge is 0.264 e. The maximum atomic E-state index is 14.2. The molecule has 0 saturated heterocycles. The van der Waals surface area contributed by atoms with Crippen LogP contribution in [0.2, 0.25) is 10.0 Å². The highest BCUT2D eigenvalue weighted by Gasteiger charge is 2.33. The van der Waals surface area contributed by atoms with E-state index in [1.54, 1.807) is 49.4 Å². The van der Waals surface area contributed by atoms with Crippen molar-refractivity contribution in [1.82, 2.24) is 10.2 Å². The standard InChI is InChI=1S/C32H37Cl2N3O4S/c1-22-14-17-30(23(2)18-22)37(42(40,41)27-12-8-5-9-13-27)21-31(38)36(20-25-15-16-28(33)29(34)19-25)24(3)32(39)35-26-10-6-4-7-11-26/h5,8-9,12-19,24,26H,4,6-7,10-11,20-21H2,1-3H3,(H,35,39)/t24-/m1/s1. The van der Waals surface area contributed by atoms with Gasteiger partial charge in [0.1, 0.15) is 12.6 Å². The van der Waals surface area contributed by atoms with Crippen molar-refractivity contribution in [2.45, 2.75) is 76.4 Å². The van der Waals surface area contributed by atoms with Crippen molar-refractivity contribution in [2.75, 3.05) is 10.8 Å². The predicted octanol–water partition coefficient (Wildman–Crippen LogP) is 6.67. The third kappa shape index (κ3) is 7.65. The number of amides is 2. The molecule has 1 saturated carbocycles. The van der Waals surface area contributed by atoms with Gasteiger partial charge in [0.25, 0.3) is 10.0 Å². The number of carbonyl (C=O) groups is 2. The van der Waals surface area contributed by atoms with Crippen LogP contribution in [0.3, 0.4) is 0 Å². The fourth-order valence-electron chi connectivity index (χ4n) is 5.30. The van der Waals surface area contributed by atoms with Crippen molar-refractivity contribution in [2.24, 2.45) is 0 Å². The first-order valence-corrected chi connectivity index (χ1v) is 16.4. The van der Waals surface area contributed by atoms with Crippen molar-refractivity contribution in [3.63, 3.8) is 0 Å². The third-order valence-corrected chi connectivity index (χ3v) is 10.2. The highest BCUT2D eigenvalue weighted by molar-refractivity contribution is 7.92. The van der Waals surface area contributed by atoms with E-state index < -0.39 is 28.5 Å². The van der Waals surface area contributed by atoms with Gasteiger partial charge in [0, 0.05) is 12.6 Å². The minimum atomic E-state index is -4.13. The fourth-order valence-corrected chi connectivity index (χ4v) is 7.12. The Morgan fingerprint density at radius 3 is 2.26 bits per heavy atom. The van der Waals surface area contributed by atoms with Crippen molar-refractivity contribution in [3.8, 4) is 0 Å². The number of aryl methyl sites for hydroxylation is 2. The van der Waals surface area contributed by atoms with Gasteiger partial charge in [0.05, 0.1) is 20.6 Å². The molecule has 0 radical (unpaired) electrons. The lowest BCUT2D eigenvalue weighted by Gasteiger charge is -2.33. The van der Waals surface area contributed by atoms with E-state index in [4.69, 9.17) is 23.2 Å². The van der Waals surface area contributed by atoms with Gasteiger partial charge in [-0.3, -0.25) is 13.9 Å². The van der Waals surface area contributed by atoms with E-state index in [1.807, 2.05) is 26.0 Å². The molecule has 1 atom stereocenters. The number of anilines is 1. The summed E-state index contributed by atoms with van der Waals surface area (Å²) in [4.78, 5) is 29.1. The average Bonchev–Trinajstić information content (AvgIpc) is 2.97. The maximum absolute atomic E-state index is 14.2. The van der Waals surface area contributed by atoms with E-state index in [1.165, 1.54) is 17.0 Å². The minimum Gasteiger partial charge on any atom is -0.352 e. The molecule has 0 unspecified atom stereocenters. The number of hydrogen-bond acceptors (Lipinski definition) is 4. The number of sulfonamides is 1. The Morgan fingerprint density at radius 1 is 0.929 bits per heavy atom. The van der Waals surface area contributed by atoms with Crippen molar-refractivity contribution in [1.29, 1.82) is 0 Å². The molecule has 0 aromatic heterocycles. The lowest BCUT2D eigenvalue weighted by atomic mass is 9.95. The number of hydrogen-bond donors (Lipinski definition) is 1. The van der Waals surface area contributed by atoms with Gasteiger partial charge in [0.15, 0.2) is 0 Å². The SMILES string of the molecule is Cc1ccc(N(CC(=O)N(Cc2ccc(Cl)c(Cl)c2)[C@H](C)C(=O)NC2CCCCC2)S(=O)(=O)c2ccccc2)c(C)c1. The second kappa shape index (κ2) is 13.9. The summed E-state index contributed by atoms with van der Waals surface area (Å²) >= 11 is 12.4. The number of nitrogens with one attached hydrogen (secondary N) is 1. The first-order chi connectivity index (χ1) is 20.0. The average molecular weight is 631 g/mol. The lowest BCUT2D eigenvalue weighted by molar-refractivity contribution is -0.139. The molecular formula is C32H37Cl2N3O4S. The van der Waals surface area contributed by atoms with Gasteiger partial charge in [-0.05, 0) is 75.1 Å². The molecular weight excluding hydrogens is 593 g/mol. The molecule has 10 heteroatoms. The first-order valence-electron chi connectivity index (χ1n) is 14.2. The van der Waals surface area contributed by atoms with Gasteiger partial charge < -0.3 is 10.2 Å². The monoisotopic (exact) mass is 629 g/mol. The summed E-state index contributed by atoms with van der Waals surface area (Å²) in [7, 11) is -4.13. The summed E-state index contributed by atoms with van der Waals surface area (Å²) in [6.45, 7) is 4.95. The Kier molecular flexibility index (Phi) is 10.6. The number of rotatable bonds is 10. The zero-order valence-electron chi connectivity index (χ0n) is 24.1. The highest BCUT2D eigenvalue weighted by atomic mass is 35.5. The van der Waals surface area contributed by atoms with Gasteiger partial charge in [-0.25, -0.2) is 8.42 Å². The molecule has 3 aromatic rings. The van der Waals surface area contributed by atoms with Crippen LogP contribution in [0.4, 0.5) is 5.69 Å². The van der Waals surface area contributed by atoms with Crippen molar-refractivity contribution < 1.29 is 18.0 Å². The Bertz CT molecular complexity index is 1530. The molecule has 0 heterocycles. The number of carbonyl (C=O) groups excluding carboxylic acids is 2. The molecule has 2 amide bonds. The van der Waals surface area contributed by atoms with Gasteiger partial charge in [-0.1, -0.05) is 84.4 Å². The normalized spacial score (nSPS) is 14.7. The van der Waals surface area contributed by atoms with Crippen LogP contribution in [0.5, 0.6) is 0 Å². The first kappa shape index (κ1) is 31.9. The molecule has 42 heavy (non-hydrogen) atoms. The fraction of sp³-hybridized carbons (Fsp3) is 0.375. The van der Waals surface area contributed by atoms with Gasteiger partial charge in [-0.2, -0.15) is 0 Å². The molecule has 4 rings (SSSR count). The van der Waals surface area contributed by atoms with Crippen LogP contribution in [0.1, 0.15) is 55.7 Å². The zero-order chi connectivity index (χ0) is 30.4. The van der Waals surface area contributed by atoms with Crippen LogP contribution in [0, 0.1) is 13.8 Å². The Hall–Kier alpha value is -3.07. The van der Waals surface area contributed by atoms with Crippen LogP contribution in [-0.2, 0) is 26.2 Å². The summed E-state index contributed by atoms with van der Waals surface area (Å²) in [5.41, 5.74) is 2.74. The van der Waals surface area contributed by atoms with Crippen LogP contribution in [-0.4, -0.2) is 43.8 Å². The van der Waals surface area contributed by atoms with E-state index >= 15 is 0 Å². The summed E-state index contributed by atoms with van der Waals surface area (Å²) in [6.07, 6.45) is 5.04. The Morgan fingerprint density at radius 2 is 1.62 bits per heavy atom. The Balaban J connectivity index is 1.70. The van der Waals surface area contributed by atoms with E-state index in [2.05, 4.69) is 5.32 Å². The van der Waals surface area contributed by atoms with Gasteiger partial charge in [0.2, 0.25) is 11.8 Å². The molecule has 7 nitrogen and oxygen atoms in total. The van der Waals surface area contributed by atoms with Gasteiger partial charge in [-0.15, -0.1) is 0 Å². The second-order valence-electron chi connectivity index (χ2n) is 10.9. The van der Waals surface area contributed by atoms with Crippen molar-refractivity contribution in [3.05, 3.63) is 93.5 Å². The van der Waals surface area contributed by atoms with E-state index in [0.717, 1.165) is 42.0 Å². The topological polar surface area (TPSA) is 86.8 Å². The Labute approximate surface area is 258 Å². The highest BCUT2D eigenvalue weighted by Crippen LogP contribution is 2.29. The van der Waals surface area contributed by atoms with E-state index in [0.29, 0.717) is 26.9 Å². The number of nitrogens with zero attached hydrogens (tertiary/aromatic N) is 2. The molecule has 224 valence electrons. The summed E-state index contributed by atoms with van der Waals surface area (Å²) in [6, 6.07) is 17.6. The van der Waals surface area contributed by atoms with E-state index in [9.17, 15) is 18.0 Å². The molecule has 3 aromatic carbocycles. The second-order valence-corrected chi connectivity index (χ2v) is 13.6. The van der Waals surface area contributed by atoms with Crippen LogP contribution >= 0.6 is 23.2 Å². The third-order valence-electron chi connectivity index (χ3n) is 7.69. The summed E-state index contributed by atoms with van der Waals surface area (Å²) in [5, 5.41) is 3.80. The minimum absolute atomic E-state index is 0.0427. The summed E-state index contributed by atoms with van der Waals surface area (Å²) in [5.74, 6) is -0.800. The number of benzene rings is 3. The van der Waals surface area contributed by atoms with Crippen molar-refractivity contribution >= 4 is 50.7 Å². The van der Waals surface area contributed by atoms with Crippen LogP contribution in [0.15, 0.2) is 71.6 Å². The van der Waals surface area contributed by atoms with Crippen LogP contribution in [0.25, 0.3) is 0 Å². The van der Waals surface area contributed by atoms with Gasteiger partial charge >= 0.3 is 0 Å². The molecule has 0 bridgehead atoms. The maximum Gasteiger partial charge on any atom is 0.264 e. The van der Waals surface area contributed by atoms with E-state index in [-0.39, 0.29) is 23.4 Å². The molecule has 1 N–H and O–H groups in total. The van der Waals surface area contributed by atoms with Crippen LogP contribution < -0.4 is 9.62 Å². The molecule has 1 fully saturated rings. The summed E-state index contributed by atoms with van der Waals surface area (Å²) < 4.78 is 29.1. The zero-order valence-corrected chi connectivity index (χ0v) is 26.5. The lowest BCUT2D eigenvalue weighted by Crippen LogP contribution is -2.53.